The van der Waals surface area contributed by atoms with E-state index in [1.165, 1.54) is 0 Å². The fraction of sp³-hybridized carbons (Fsp3) is 0.778. The van der Waals surface area contributed by atoms with Gasteiger partial charge in [0.05, 0.1) is 0 Å². The number of rotatable bonds is 0. The second-order valence-corrected chi connectivity index (χ2v) is 3.52. The maximum Gasteiger partial charge on any atom is 0.317 e. The molecule has 2 aliphatic rings. The van der Waals surface area contributed by atoms with E-state index in [9.17, 15) is 9.59 Å². The van der Waals surface area contributed by atoms with E-state index in [-0.39, 0.29) is 18.6 Å². The van der Waals surface area contributed by atoms with Crippen LogP contribution in [-0.2, 0) is 19.1 Å². The minimum absolute atomic E-state index is 0.187. The van der Waals surface area contributed by atoms with Crippen LogP contribution in [0.4, 0.5) is 0 Å². The van der Waals surface area contributed by atoms with Crippen LogP contribution in [-0.4, -0.2) is 24.1 Å². The van der Waals surface area contributed by atoms with Gasteiger partial charge in [0.15, 0.2) is 0 Å². The van der Waals surface area contributed by atoms with Crippen molar-refractivity contribution in [1.82, 2.24) is 0 Å². The zero-order valence-corrected chi connectivity index (χ0v) is 7.32. The lowest BCUT2D eigenvalue weighted by molar-refractivity contribution is -0.154. The van der Waals surface area contributed by atoms with Gasteiger partial charge >= 0.3 is 11.9 Å². The van der Waals surface area contributed by atoms with Crippen LogP contribution in [0.2, 0.25) is 0 Å². The van der Waals surface area contributed by atoms with Crippen molar-refractivity contribution >= 4 is 11.9 Å². The highest BCUT2D eigenvalue weighted by atomic mass is 16.6. The van der Waals surface area contributed by atoms with Gasteiger partial charge in [0.1, 0.15) is 18.6 Å². The highest BCUT2D eigenvalue weighted by Gasteiger charge is 2.35. The number of fused-ring (bicyclic) bond motifs is 1. The van der Waals surface area contributed by atoms with Crippen molar-refractivity contribution in [2.24, 2.45) is 0 Å². The molecule has 4 nitrogen and oxygen atoms in total. The van der Waals surface area contributed by atoms with E-state index >= 15 is 0 Å². The van der Waals surface area contributed by atoms with Gasteiger partial charge in [-0.25, -0.2) is 0 Å². The summed E-state index contributed by atoms with van der Waals surface area (Å²) in [6.45, 7) is 0. The summed E-state index contributed by atoms with van der Waals surface area (Å²) in [5.41, 5.74) is 0. The molecule has 72 valence electrons. The van der Waals surface area contributed by atoms with Crippen molar-refractivity contribution in [3.63, 3.8) is 0 Å². The van der Waals surface area contributed by atoms with Gasteiger partial charge < -0.3 is 9.47 Å². The zero-order chi connectivity index (χ0) is 9.26. The smallest absolute Gasteiger partial charge is 0.317 e. The summed E-state index contributed by atoms with van der Waals surface area (Å²) in [4.78, 5) is 22.1. The predicted octanol–water partition coefficient (Wildman–Crippen LogP) is 0.788. The van der Waals surface area contributed by atoms with Crippen LogP contribution in [0.1, 0.15) is 32.1 Å². The SMILES string of the molecule is O=C1CC(=O)O[C@@H]2CCCC[C@@H]2O1. The summed E-state index contributed by atoms with van der Waals surface area (Å²) < 4.78 is 10.2. The molecular formula is C9H12O4. The van der Waals surface area contributed by atoms with Crippen molar-refractivity contribution in [2.75, 3.05) is 0 Å². The maximum absolute atomic E-state index is 11.0. The molecule has 0 spiro atoms. The predicted molar refractivity (Wildman–Crippen MR) is 42.8 cm³/mol. The molecule has 0 N–H and O–H groups in total. The second-order valence-electron chi connectivity index (χ2n) is 3.52. The first kappa shape index (κ1) is 8.53. The molecule has 4 heteroatoms. The molecule has 2 fully saturated rings. The normalized spacial score (nSPS) is 34.2. The Morgan fingerprint density at radius 3 is 1.85 bits per heavy atom. The Morgan fingerprint density at radius 2 is 1.38 bits per heavy atom. The van der Waals surface area contributed by atoms with Gasteiger partial charge in [0, 0.05) is 0 Å². The number of hydrogen-bond acceptors (Lipinski definition) is 4. The van der Waals surface area contributed by atoms with E-state index in [0.717, 1.165) is 25.7 Å². The molecule has 1 heterocycles. The molecule has 1 aliphatic carbocycles. The molecule has 2 rings (SSSR count). The standard InChI is InChI=1S/C9H12O4/c10-8-5-9(11)13-7-4-2-1-3-6(7)12-8/h6-7H,1-5H2/t6-,7+. The first-order valence-electron chi connectivity index (χ1n) is 4.64. The molecule has 1 saturated carbocycles. The highest BCUT2D eigenvalue weighted by Crippen LogP contribution is 2.26. The summed E-state index contributed by atoms with van der Waals surface area (Å²) in [6.07, 6.45) is 3.14. The fourth-order valence-corrected chi connectivity index (χ4v) is 1.87. The van der Waals surface area contributed by atoms with Crippen LogP contribution in [0.3, 0.4) is 0 Å². The van der Waals surface area contributed by atoms with Crippen molar-refractivity contribution in [3.8, 4) is 0 Å². The summed E-state index contributed by atoms with van der Waals surface area (Å²) in [5, 5.41) is 0. The van der Waals surface area contributed by atoms with E-state index < -0.39 is 11.9 Å². The van der Waals surface area contributed by atoms with Crippen molar-refractivity contribution in [3.05, 3.63) is 0 Å². The van der Waals surface area contributed by atoms with Gasteiger partial charge in [0.25, 0.3) is 0 Å². The monoisotopic (exact) mass is 184 g/mol. The zero-order valence-electron chi connectivity index (χ0n) is 7.32. The Kier molecular flexibility index (Phi) is 2.20. The Hall–Kier alpha value is -1.06. The van der Waals surface area contributed by atoms with Gasteiger partial charge in [-0.2, -0.15) is 0 Å². The summed E-state index contributed by atoms with van der Waals surface area (Å²) in [5.74, 6) is -0.890. The number of esters is 2. The van der Waals surface area contributed by atoms with Gasteiger partial charge in [-0.05, 0) is 25.7 Å². The lowest BCUT2D eigenvalue weighted by Crippen LogP contribution is -2.34. The third kappa shape index (κ3) is 1.82. The van der Waals surface area contributed by atoms with Crippen LogP contribution in [0.15, 0.2) is 0 Å². The van der Waals surface area contributed by atoms with Crippen molar-refractivity contribution in [2.45, 2.75) is 44.3 Å². The van der Waals surface area contributed by atoms with Gasteiger partial charge in [0.2, 0.25) is 0 Å². The quantitative estimate of drug-likeness (QED) is 0.412. The van der Waals surface area contributed by atoms with Gasteiger partial charge in [-0.1, -0.05) is 0 Å². The lowest BCUT2D eigenvalue weighted by atomic mass is 9.95. The fourth-order valence-electron chi connectivity index (χ4n) is 1.87. The molecule has 0 unspecified atom stereocenters. The van der Waals surface area contributed by atoms with Crippen LogP contribution in [0.25, 0.3) is 0 Å². The second kappa shape index (κ2) is 3.36. The average molecular weight is 184 g/mol. The molecule has 0 bridgehead atoms. The largest absolute Gasteiger partial charge is 0.458 e. The van der Waals surface area contributed by atoms with Gasteiger partial charge in [-0.3, -0.25) is 9.59 Å². The molecule has 2 atom stereocenters. The lowest BCUT2D eigenvalue weighted by Gasteiger charge is -2.27. The number of ether oxygens (including phenoxy) is 2. The molecular weight excluding hydrogens is 172 g/mol. The molecule has 0 radical (unpaired) electrons. The van der Waals surface area contributed by atoms with Crippen molar-refractivity contribution < 1.29 is 19.1 Å². The molecule has 1 saturated heterocycles. The van der Waals surface area contributed by atoms with E-state index in [4.69, 9.17) is 9.47 Å². The van der Waals surface area contributed by atoms with Crippen LogP contribution >= 0.6 is 0 Å². The summed E-state index contributed by atoms with van der Waals surface area (Å²) in [7, 11) is 0. The number of carbonyl (C=O) groups excluding carboxylic acids is 2. The maximum atomic E-state index is 11.0. The van der Waals surface area contributed by atoms with E-state index in [1.54, 1.807) is 0 Å². The van der Waals surface area contributed by atoms with Gasteiger partial charge in [-0.15, -0.1) is 0 Å². The Bertz CT molecular complexity index is 212. The van der Waals surface area contributed by atoms with Crippen molar-refractivity contribution in [1.29, 1.82) is 0 Å². The molecule has 1 aliphatic heterocycles. The number of carbonyl (C=O) groups is 2. The Balaban J connectivity index is 2.09. The summed E-state index contributed by atoms with van der Waals surface area (Å²) >= 11 is 0. The van der Waals surface area contributed by atoms with Crippen LogP contribution < -0.4 is 0 Å². The number of hydrogen-bond donors (Lipinski definition) is 0. The minimum atomic E-state index is -0.445. The van der Waals surface area contributed by atoms with E-state index in [1.807, 2.05) is 0 Å². The average Bonchev–Trinajstić information content (AvgIpc) is 2.20. The van der Waals surface area contributed by atoms with E-state index in [0.29, 0.717) is 0 Å². The third-order valence-electron chi connectivity index (χ3n) is 2.50. The third-order valence-corrected chi connectivity index (χ3v) is 2.50. The Labute approximate surface area is 76.2 Å². The molecule has 0 aromatic heterocycles. The van der Waals surface area contributed by atoms with E-state index in [2.05, 4.69) is 0 Å². The summed E-state index contributed by atoms with van der Waals surface area (Å²) in [6, 6.07) is 0. The first-order chi connectivity index (χ1) is 6.25. The Morgan fingerprint density at radius 1 is 0.923 bits per heavy atom. The molecule has 0 aromatic rings. The first-order valence-corrected chi connectivity index (χ1v) is 4.64. The molecule has 0 aromatic carbocycles. The molecule has 13 heavy (non-hydrogen) atoms. The highest BCUT2D eigenvalue weighted by molar-refractivity contribution is 5.91. The van der Waals surface area contributed by atoms with Crippen LogP contribution in [0, 0.1) is 0 Å². The minimum Gasteiger partial charge on any atom is -0.458 e. The topological polar surface area (TPSA) is 52.6 Å². The van der Waals surface area contributed by atoms with Crippen LogP contribution in [0.5, 0.6) is 0 Å². The molecule has 0 amide bonds.